The molecule has 0 aliphatic heterocycles. The standard InChI is InChI=1S/C13H12FNS/c1-8-2-5-11(14)10(6-8)13-15-12(7-16-13)9-3-4-9/h2,5-7,9H,3-4H2,1H3. The predicted molar refractivity (Wildman–Crippen MR) is 64.2 cm³/mol. The molecule has 0 bridgehead atoms. The number of benzene rings is 1. The molecule has 1 aliphatic carbocycles. The Balaban J connectivity index is 2.03. The highest BCUT2D eigenvalue weighted by Crippen LogP contribution is 2.41. The Kier molecular flexibility index (Phi) is 2.28. The van der Waals surface area contributed by atoms with Crippen LogP contribution in [0.4, 0.5) is 4.39 Å². The number of hydrogen-bond donors (Lipinski definition) is 0. The van der Waals surface area contributed by atoms with E-state index in [1.807, 2.05) is 13.0 Å². The molecule has 0 amide bonds. The van der Waals surface area contributed by atoms with E-state index in [0.717, 1.165) is 16.3 Å². The lowest BCUT2D eigenvalue weighted by atomic mass is 10.1. The van der Waals surface area contributed by atoms with Gasteiger partial charge >= 0.3 is 0 Å². The molecule has 2 aromatic rings. The number of nitrogens with zero attached hydrogens (tertiary/aromatic N) is 1. The first-order valence-corrected chi connectivity index (χ1v) is 6.34. The van der Waals surface area contributed by atoms with Gasteiger partial charge in [-0.2, -0.15) is 0 Å². The lowest BCUT2D eigenvalue weighted by molar-refractivity contribution is 0.630. The molecular formula is C13H12FNS. The van der Waals surface area contributed by atoms with Crippen LogP contribution in [0.25, 0.3) is 10.6 Å². The smallest absolute Gasteiger partial charge is 0.133 e. The van der Waals surface area contributed by atoms with Crippen molar-refractivity contribution in [2.45, 2.75) is 25.7 Å². The first-order chi connectivity index (χ1) is 7.74. The molecule has 16 heavy (non-hydrogen) atoms. The molecule has 82 valence electrons. The SMILES string of the molecule is Cc1ccc(F)c(-c2nc(C3CC3)cs2)c1. The second-order valence-electron chi connectivity index (χ2n) is 4.34. The summed E-state index contributed by atoms with van der Waals surface area (Å²) in [5.41, 5.74) is 2.84. The minimum atomic E-state index is -0.178. The van der Waals surface area contributed by atoms with E-state index in [4.69, 9.17) is 0 Å². The molecule has 0 atom stereocenters. The van der Waals surface area contributed by atoms with E-state index in [2.05, 4.69) is 10.4 Å². The van der Waals surface area contributed by atoms with Gasteiger partial charge in [-0.15, -0.1) is 11.3 Å². The quantitative estimate of drug-likeness (QED) is 0.759. The topological polar surface area (TPSA) is 12.9 Å². The van der Waals surface area contributed by atoms with E-state index in [1.54, 1.807) is 17.4 Å². The third-order valence-electron chi connectivity index (χ3n) is 2.87. The fraction of sp³-hybridized carbons (Fsp3) is 0.308. The molecule has 1 aromatic heterocycles. The van der Waals surface area contributed by atoms with Crippen LogP contribution in [-0.4, -0.2) is 4.98 Å². The van der Waals surface area contributed by atoms with Gasteiger partial charge in [0.25, 0.3) is 0 Å². The molecule has 0 unspecified atom stereocenters. The summed E-state index contributed by atoms with van der Waals surface area (Å²) in [6.07, 6.45) is 2.47. The summed E-state index contributed by atoms with van der Waals surface area (Å²) in [6, 6.07) is 5.17. The van der Waals surface area contributed by atoms with Crippen molar-refractivity contribution >= 4 is 11.3 Å². The van der Waals surface area contributed by atoms with Crippen LogP contribution >= 0.6 is 11.3 Å². The molecule has 1 aromatic carbocycles. The van der Waals surface area contributed by atoms with Crippen LogP contribution in [0.3, 0.4) is 0 Å². The zero-order valence-corrected chi connectivity index (χ0v) is 9.85. The van der Waals surface area contributed by atoms with E-state index in [-0.39, 0.29) is 5.82 Å². The minimum absolute atomic E-state index is 0.178. The molecule has 0 radical (unpaired) electrons. The summed E-state index contributed by atoms with van der Waals surface area (Å²) in [5.74, 6) is 0.458. The summed E-state index contributed by atoms with van der Waals surface area (Å²) in [7, 11) is 0. The van der Waals surface area contributed by atoms with Gasteiger partial charge in [0.1, 0.15) is 10.8 Å². The van der Waals surface area contributed by atoms with Gasteiger partial charge in [-0.05, 0) is 31.9 Å². The molecule has 1 heterocycles. The Morgan fingerprint density at radius 1 is 1.38 bits per heavy atom. The van der Waals surface area contributed by atoms with E-state index < -0.39 is 0 Å². The normalized spacial score (nSPS) is 15.4. The Morgan fingerprint density at radius 3 is 2.94 bits per heavy atom. The maximum absolute atomic E-state index is 13.6. The third kappa shape index (κ3) is 1.76. The van der Waals surface area contributed by atoms with Crippen molar-refractivity contribution in [3.05, 3.63) is 40.7 Å². The van der Waals surface area contributed by atoms with Gasteiger partial charge in [0.2, 0.25) is 0 Å². The number of hydrogen-bond acceptors (Lipinski definition) is 2. The van der Waals surface area contributed by atoms with Crippen molar-refractivity contribution in [2.24, 2.45) is 0 Å². The van der Waals surface area contributed by atoms with Gasteiger partial charge in [0.05, 0.1) is 5.69 Å². The summed E-state index contributed by atoms with van der Waals surface area (Å²) in [6.45, 7) is 1.97. The van der Waals surface area contributed by atoms with Crippen molar-refractivity contribution in [1.82, 2.24) is 4.98 Å². The highest BCUT2D eigenvalue weighted by Gasteiger charge is 2.26. The van der Waals surface area contributed by atoms with Crippen LogP contribution in [0, 0.1) is 12.7 Å². The van der Waals surface area contributed by atoms with E-state index in [9.17, 15) is 4.39 Å². The summed E-state index contributed by atoms with van der Waals surface area (Å²) < 4.78 is 13.6. The molecule has 1 nitrogen and oxygen atoms in total. The molecular weight excluding hydrogens is 221 g/mol. The first-order valence-electron chi connectivity index (χ1n) is 5.46. The van der Waals surface area contributed by atoms with Gasteiger partial charge < -0.3 is 0 Å². The van der Waals surface area contributed by atoms with Crippen LogP contribution in [0.15, 0.2) is 23.6 Å². The minimum Gasteiger partial charge on any atom is -0.241 e. The largest absolute Gasteiger partial charge is 0.241 e. The van der Waals surface area contributed by atoms with Crippen molar-refractivity contribution < 1.29 is 4.39 Å². The monoisotopic (exact) mass is 233 g/mol. The molecule has 3 heteroatoms. The third-order valence-corrected chi connectivity index (χ3v) is 3.76. The maximum atomic E-state index is 13.6. The average Bonchev–Trinajstić information content (AvgIpc) is 3.01. The fourth-order valence-corrected chi connectivity index (χ4v) is 2.70. The highest BCUT2D eigenvalue weighted by molar-refractivity contribution is 7.13. The first kappa shape index (κ1) is 9.97. The van der Waals surface area contributed by atoms with Gasteiger partial charge in [-0.25, -0.2) is 9.37 Å². The molecule has 0 spiro atoms. The van der Waals surface area contributed by atoms with Crippen LogP contribution in [-0.2, 0) is 0 Å². The lowest BCUT2D eigenvalue weighted by Gasteiger charge is -2.00. The Labute approximate surface area is 98.0 Å². The Morgan fingerprint density at radius 2 is 2.19 bits per heavy atom. The molecule has 1 aliphatic rings. The van der Waals surface area contributed by atoms with Crippen molar-refractivity contribution in [3.8, 4) is 10.6 Å². The predicted octanol–water partition coefficient (Wildman–Crippen LogP) is 4.14. The van der Waals surface area contributed by atoms with Crippen molar-refractivity contribution in [2.75, 3.05) is 0 Å². The number of aromatic nitrogens is 1. The maximum Gasteiger partial charge on any atom is 0.133 e. The molecule has 3 rings (SSSR count). The van der Waals surface area contributed by atoms with E-state index >= 15 is 0 Å². The van der Waals surface area contributed by atoms with Gasteiger partial charge in [-0.3, -0.25) is 0 Å². The number of aryl methyl sites for hydroxylation is 1. The summed E-state index contributed by atoms with van der Waals surface area (Å²) in [5, 5.41) is 2.87. The Hall–Kier alpha value is -1.22. The number of thiazole rings is 1. The van der Waals surface area contributed by atoms with Crippen LogP contribution in [0.1, 0.15) is 30.0 Å². The average molecular weight is 233 g/mol. The molecule has 0 N–H and O–H groups in total. The second-order valence-corrected chi connectivity index (χ2v) is 5.19. The van der Waals surface area contributed by atoms with Crippen LogP contribution in [0.5, 0.6) is 0 Å². The second kappa shape index (κ2) is 3.67. The Bertz CT molecular complexity index is 528. The van der Waals surface area contributed by atoms with E-state index in [1.165, 1.54) is 18.9 Å². The lowest BCUT2D eigenvalue weighted by Crippen LogP contribution is -1.86. The van der Waals surface area contributed by atoms with Crippen molar-refractivity contribution in [1.29, 1.82) is 0 Å². The van der Waals surface area contributed by atoms with Gasteiger partial charge in [-0.1, -0.05) is 11.6 Å². The zero-order valence-electron chi connectivity index (χ0n) is 9.03. The van der Waals surface area contributed by atoms with Gasteiger partial charge in [0, 0.05) is 16.9 Å². The van der Waals surface area contributed by atoms with Gasteiger partial charge in [0.15, 0.2) is 0 Å². The highest BCUT2D eigenvalue weighted by atomic mass is 32.1. The van der Waals surface area contributed by atoms with Crippen LogP contribution < -0.4 is 0 Å². The zero-order chi connectivity index (χ0) is 11.1. The number of rotatable bonds is 2. The molecule has 1 fully saturated rings. The fourth-order valence-electron chi connectivity index (χ4n) is 1.78. The number of halogens is 1. The van der Waals surface area contributed by atoms with Crippen LogP contribution in [0.2, 0.25) is 0 Å². The van der Waals surface area contributed by atoms with E-state index in [0.29, 0.717) is 11.5 Å². The summed E-state index contributed by atoms with van der Waals surface area (Å²) in [4.78, 5) is 4.52. The molecule has 0 saturated heterocycles. The van der Waals surface area contributed by atoms with Crippen molar-refractivity contribution in [3.63, 3.8) is 0 Å². The molecule has 1 saturated carbocycles. The summed E-state index contributed by atoms with van der Waals surface area (Å²) >= 11 is 1.54.